The smallest absolute Gasteiger partial charge is 0.339 e. The molecule has 3 aromatic carbocycles. The second-order valence-electron chi connectivity index (χ2n) is 7.53. The van der Waals surface area contributed by atoms with E-state index in [1.54, 1.807) is 40.8 Å². The molecule has 0 bridgehead atoms. The molecule has 2 aromatic heterocycles. The number of fused-ring (bicyclic) bond motifs is 3. The molecular formula is C24H18N2O4S2. The summed E-state index contributed by atoms with van der Waals surface area (Å²) < 4.78 is 33.1. The Kier molecular flexibility index (Phi) is 4.83. The van der Waals surface area contributed by atoms with E-state index in [0.29, 0.717) is 15.1 Å². The monoisotopic (exact) mass is 462 g/mol. The number of hydrogen-bond acceptors (Lipinski definition) is 6. The Bertz CT molecular complexity index is 1700. The van der Waals surface area contributed by atoms with Crippen molar-refractivity contribution in [3.8, 4) is 5.75 Å². The molecule has 2 heterocycles. The maximum Gasteiger partial charge on any atom is 0.339 e. The number of aromatic nitrogens is 2. The molecule has 5 rings (SSSR count). The Balaban J connectivity index is 1.63. The molecule has 32 heavy (non-hydrogen) atoms. The standard InChI is InChI=1S/C24H18N2O4S2/c1-15-7-10-18(11-8-15)32(28,29)30-21-12-9-16(2)13-17(21)14-22-23(27)26-20-6-4-3-5-19(20)25-24(26)31-22/h3-14H,1-2H3. The summed E-state index contributed by atoms with van der Waals surface area (Å²) in [6.07, 6.45) is 1.66. The number of aryl methyl sites for hydroxylation is 2. The van der Waals surface area contributed by atoms with Gasteiger partial charge in [0.15, 0.2) is 4.96 Å². The lowest BCUT2D eigenvalue weighted by Gasteiger charge is -2.10. The van der Waals surface area contributed by atoms with Gasteiger partial charge in [-0.3, -0.25) is 4.79 Å². The van der Waals surface area contributed by atoms with Crippen molar-refractivity contribution in [2.24, 2.45) is 0 Å². The fourth-order valence-corrected chi connectivity index (χ4v) is 5.41. The third-order valence-electron chi connectivity index (χ3n) is 5.11. The highest BCUT2D eigenvalue weighted by atomic mass is 32.2. The second kappa shape index (κ2) is 7.58. The van der Waals surface area contributed by atoms with Crippen molar-refractivity contribution in [2.45, 2.75) is 18.7 Å². The van der Waals surface area contributed by atoms with E-state index < -0.39 is 10.1 Å². The normalized spacial score (nSPS) is 12.6. The zero-order valence-corrected chi connectivity index (χ0v) is 18.9. The maximum absolute atomic E-state index is 13.1. The van der Waals surface area contributed by atoms with E-state index in [0.717, 1.165) is 22.2 Å². The Morgan fingerprint density at radius 2 is 1.69 bits per heavy atom. The minimum absolute atomic E-state index is 0.0696. The molecule has 0 spiro atoms. The molecule has 8 heteroatoms. The first-order valence-electron chi connectivity index (χ1n) is 9.85. The molecular weight excluding hydrogens is 444 g/mol. The van der Waals surface area contributed by atoms with Gasteiger partial charge in [-0.15, -0.1) is 0 Å². The van der Waals surface area contributed by atoms with Crippen LogP contribution in [-0.2, 0) is 10.1 Å². The molecule has 160 valence electrons. The van der Waals surface area contributed by atoms with Gasteiger partial charge in [-0.05, 0) is 56.3 Å². The van der Waals surface area contributed by atoms with Gasteiger partial charge in [0.2, 0.25) is 0 Å². The van der Waals surface area contributed by atoms with Crippen LogP contribution in [0.1, 0.15) is 16.7 Å². The molecule has 0 aliphatic heterocycles. The molecule has 6 nitrogen and oxygen atoms in total. The van der Waals surface area contributed by atoms with Gasteiger partial charge >= 0.3 is 10.1 Å². The Hall–Kier alpha value is -3.49. The first-order chi connectivity index (χ1) is 15.3. The van der Waals surface area contributed by atoms with Gasteiger partial charge in [0.25, 0.3) is 5.56 Å². The van der Waals surface area contributed by atoms with Crippen LogP contribution < -0.4 is 14.3 Å². The summed E-state index contributed by atoms with van der Waals surface area (Å²) in [5.41, 5.74) is 3.67. The van der Waals surface area contributed by atoms with Crippen LogP contribution in [0.4, 0.5) is 0 Å². The van der Waals surface area contributed by atoms with Gasteiger partial charge in [0.1, 0.15) is 10.6 Å². The SMILES string of the molecule is Cc1ccc(S(=O)(=O)Oc2ccc(C)cc2C=c2sc3nc4ccccc4n3c2=O)cc1. The Morgan fingerprint density at radius 3 is 2.47 bits per heavy atom. The van der Waals surface area contributed by atoms with Crippen LogP contribution in [0.2, 0.25) is 0 Å². The highest BCUT2D eigenvalue weighted by Gasteiger charge is 2.18. The van der Waals surface area contributed by atoms with Gasteiger partial charge in [-0.1, -0.05) is 52.8 Å². The van der Waals surface area contributed by atoms with Crippen LogP contribution >= 0.6 is 11.3 Å². The van der Waals surface area contributed by atoms with E-state index in [9.17, 15) is 13.2 Å². The lowest BCUT2D eigenvalue weighted by atomic mass is 10.1. The number of hydrogen-bond donors (Lipinski definition) is 0. The molecule has 0 fully saturated rings. The zero-order chi connectivity index (χ0) is 22.5. The summed E-state index contributed by atoms with van der Waals surface area (Å²) in [7, 11) is -4.02. The van der Waals surface area contributed by atoms with Crippen LogP contribution in [0.15, 0.2) is 76.4 Å². The minimum atomic E-state index is -4.02. The molecule has 0 amide bonds. The molecule has 0 unspecified atom stereocenters. The molecule has 0 N–H and O–H groups in total. The molecule has 0 atom stereocenters. The summed E-state index contributed by atoms with van der Waals surface area (Å²) in [5, 5.41) is 0. The predicted octanol–water partition coefficient (Wildman–Crippen LogP) is 3.84. The summed E-state index contributed by atoms with van der Waals surface area (Å²) in [4.78, 5) is 18.3. The largest absolute Gasteiger partial charge is 0.378 e. The van der Waals surface area contributed by atoms with Crippen LogP contribution in [-0.4, -0.2) is 17.8 Å². The molecule has 0 saturated heterocycles. The maximum atomic E-state index is 13.1. The zero-order valence-electron chi connectivity index (χ0n) is 17.3. The minimum Gasteiger partial charge on any atom is -0.378 e. The first kappa shape index (κ1) is 20.4. The van der Waals surface area contributed by atoms with Crippen LogP contribution in [0, 0.1) is 13.8 Å². The second-order valence-corrected chi connectivity index (χ2v) is 10.1. The van der Waals surface area contributed by atoms with E-state index in [1.165, 1.54) is 23.5 Å². The lowest BCUT2D eigenvalue weighted by Crippen LogP contribution is -2.22. The highest BCUT2D eigenvalue weighted by molar-refractivity contribution is 7.87. The summed E-state index contributed by atoms with van der Waals surface area (Å²) in [6, 6.07) is 19.1. The van der Waals surface area contributed by atoms with E-state index in [-0.39, 0.29) is 16.2 Å². The van der Waals surface area contributed by atoms with Crippen molar-refractivity contribution in [1.82, 2.24) is 9.38 Å². The Morgan fingerprint density at radius 1 is 0.969 bits per heavy atom. The van der Waals surface area contributed by atoms with Gasteiger partial charge in [-0.2, -0.15) is 8.42 Å². The summed E-state index contributed by atoms with van der Waals surface area (Å²) >= 11 is 1.25. The van der Waals surface area contributed by atoms with Gasteiger partial charge in [0.05, 0.1) is 15.6 Å². The van der Waals surface area contributed by atoms with Crippen molar-refractivity contribution < 1.29 is 12.6 Å². The van der Waals surface area contributed by atoms with Crippen molar-refractivity contribution in [1.29, 1.82) is 0 Å². The van der Waals surface area contributed by atoms with Crippen LogP contribution in [0.25, 0.3) is 22.1 Å². The number of benzene rings is 3. The van der Waals surface area contributed by atoms with Crippen molar-refractivity contribution in [3.63, 3.8) is 0 Å². The van der Waals surface area contributed by atoms with Crippen molar-refractivity contribution in [2.75, 3.05) is 0 Å². The van der Waals surface area contributed by atoms with Crippen molar-refractivity contribution in [3.05, 3.63) is 98.3 Å². The van der Waals surface area contributed by atoms with E-state index in [4.69, 9.17) is 4.18 Å². The summed E-state index contributed by atoms with van der Waals surface area (Å²) in [6.45, 7) is 3.77. The third kappa shape index (κ3) is 3.57. The van der Waals surface area contributed by atoms with Crippen LogP contribution in [0.5, 0.6) is 5.75 Å². The number of para-hydroxylation sites is 2. The molecule has 0 radical (unpaired) electrons. The summed E-state index contributed by atoms with van der Waals surface area (Å²) in [5.74, 6) is 0.159. The number of thiazole rings is 1. The number of imidazole rings is 1. The number of nitrogens with zero attached hydrogens (tertiary/aromatic N) is 2. The third-order valence-corrected chi connectivity index (χ3v) is 7.32. The average Bonchev–Trinajstić information content (AvgIpc) is 3.26. The average molecular weight is 463 g/mol. The quantitative estimate of drug-likeness (QED) is 0.379. The van der Waals surface area contributed by atoms with Gasteiger partial charge in [-0.25, -0.2) is 9.38 Å². The molecule has 5 aromatic rings. The van der Waals surface area contributed by atoms with Crippen molar-refractivity contribution >= 4 is 43.5 Å². The van der Waals surface area contributed by atoms with E-state index in [1.807, 2.05) is 38.1 Å². The predicted molar refractivity (Wildman–Crippen MR) is 126 cm³/mol. The number of rotatable bonds is 4. The van der Waals surface area contributed by atoms with Gasteiger partial charge in [0, 0.05) is 5.56 Å². The fourth-order valence-electron chi connectivity index (χ4n) is 3.48. The highest BCUT2D eigenvalue weighted by Crippen LogP contribution is 2.25. The lowest BCUT2D eigenvalue weighted by molar-refractivity contribution is 0.485. The van der Waals surface area contributed by atoms with Crippen LogP contribution in [0.3, 0.4) is 0 Å². The van der Waals surface area contributed by atoms with Gasteiger partial charge < -0.3 is 4.18 Å². The van der Waals surface area contributed by atoms with E-state index >= 15 is 0 Å². The first-order valence-corrected chi connectivity index (χ1v) is 12.1. The Labute approximate surface area is 188 Å². The fraction of sp³-hybridized carbons (Fsp3) is 0.0833. The molecule has 0 aliphatic rings. The topological polar surface area (TPSA) is 77.7 Å². The molecule has 0 aliphatic carbocycles. The molecule has 0 saturated carbocycles. The van der Waals surface area contributed by atoms with E-state index in [2.05, 4.69) is 4.98 Å².